The first-order chi connectivity index (χ1) is 8.11. The van der Waals surface area contributed by atoms with Crippen LogP contribution in [0, 0.1) is 0 Å². The van der Waals surface area contributed by atoms with E-state index in [9.17, 15) is 9.59 Å². The van der Waals surface area contributed by atoms with Gasteiger partial charge in [-0.3, -0.25) is 4.79 Å². The molecule has 94 valence electrons. The first-order valence-corrected chi connectivity index (χ1v) is 5.13. The number of hydrogen-bond donors (Lipinski definition) is 1. The molecule has 0 saturated heterocycles. The van der Waals surface area contributed by atoms with E-state index in [1.807, 2.05) is 0 Å². The molecule has 1 N–H and O–H groups in total. The van der Waals surface area contributed by atoms with E-state index in [0.29, 0.717) is 5.75 Å². The van der Waals surface area contributed by atoms with Crippen LogP contribution in [0.3, 0.4) is 0 Å². The van der Waals surface area contributed by atoms with E-state index in [-0.39, 0.29) is 41.7 Å². The van der Waals surface area contributed by atoms with E-state index in [2.05, 4.69) is 0 Å². The predicted octanol–water partition coefficient (Wildman–Crippen LogP) is 0.719. The number of Topliss-reactive ketones (excluding diaryl/α,β-unsaturated/α-hetero) is 1. The molecule has 1 rings (SSSR count). The molecule has 0 aliphatic rings. The van der Waals surface area contributed by atoms with E-state index >= 15 is 0 Å². The molecule has 1 aromatic rings. The van der Waals surface area contributed by atoms with Gasteiger partial charge in [0.1, 0.15) is 5.75 Å². The Morgan fingerprint density at radius 2 is 1.94 bits per heavy atom. The van der Waals surface area contributed by atoms with Crippen LogP contribution in [0.25, 0.3) is 0 Å². The summed E-state index contributed by atoms with van der Waals surface area (Å²) >= 11 is 0. The molecule has 6 heteroatoms. The van der Waals surface area contributed by atoms with Gasteiger partial charge in [-0.25, -0.2) is 4.79 Å². The molecule has 0 fully saturated rings. The molecule has 1 unspecified atom stereocenters. The van der Waals surface area contributed by atoms with Crippen molar-refractivity contribution in [3.05, 3.63) is 29.8 Å². The van der Waals surface area contributed by atoms with Crippen molar-refractivity contribution in [2.45, 2.75) is 13.0 Å². The average Bonchev–Trinajstić information content (AvgIpc) is 2.34. The number of benzene rings is 1. The summed E-state index contributed by atoms with van der Waals surface area (Å²) in [4.78, 5) is 22.9. The number of methoxy groups -OCH3 is 1. The Morgan fingerprint density at radius 3 is 2.44 bits per heavy atom. The van der Waals surface area contributed by atoms with Crippen molar-refractivity contribution in [2.24, 2.45) is 0 Å². The molecule has 0 radical (unpaired) electrons. The number of ether oxygens (including phenoxy) is 2. The van der Waals surface area contributed by atoms with Gasteiger partial charge < -0.3 is 14.6 Å². The third kappa shape index (κ3) is 4.10. The fourth-order valence-corrected chi connectivity index (χ4v) is 1.42. The third-order valence-electron chi connectivity index (χ3n) is 2.17. The molecule has 0 saturated carbocycles. The second-order valence-electron chi connectivity index (χ2n) is 3.24. The van der Waals surface area contributed by atoms with E-state index in [0.717, 1.165) is 0 Å². The average molecular weight is 262 g/mol. The second-order valence-corrected chi connectivity index (χ2v) is 3.24. The Kier molecular flexibility index (Phi) is 7.86. The first-order valence-electron chi connectivity index (χ1n) is 5.13. The zero-order valence-corrected chi connectivity index (χ0v) is 9.67. The summed E-state index contributed by atoms with van der Waals surface area (Å²) in [5.74, 6) is -1.58. The SMILES string of the molecule is CCOC(C(=O)O)C(=O)c1ccccc1OC.[NaH]. The Labute approximate surface area is 127 Å². The molecule has 18 heavy (non-hydrogen) atoms. The number of carboxylic acids is 1. The van der Waals surface area contributed by atoms with Crippen molar-refractivity contribution in [1.29, 1.82) is 0 Å². The summed E-state index contributed by atoms with van der Waals surface area (Å²) in [6, 6.07) is 6.45. The second kappa shape index (κ2) is 8.26. The molecule has 0 bridgehead atoms. The summed E-state index contributed by atoms with van der Waals surface area (Å²) in [7, 11) is 1.42. The quantitative estimate of drug-likeness (QED) is 0.464. The maximum atomic E-state index is 12.0. The van der Waals surface area contributed by atoms with Crippen molar-refractivity contribution < 1.29 is 24.2 Å². The van der Waals surface area contributed by atoms with Crippen molar-refractivity contribution in [2.75, 3.05) is 13.7 Å². The van der Waals surface area contributed by atoms with Crippen LogP contribution in [-0.4, -0.2) is 66.2 Å². The number of carbonyl (C=O) groups is 2. The molecular weight excluding hydrogens is 247 g/mol. The minimum atomic E-state index is -1.49. The van der Waals surface area contributed by atoms with Crippen LogP contribution in [0.4, 0.5) is 0 Å². The Hall–Kier alpha value is -0.880. The molecule has 0 heterocycles. The van der Waals surface area contributed by atoms with Gasteiger partial charge >= 0.3 is 35.5 Å². The van der Waals surface area contributed by atoms with Crippen LogP contribution in [0.2, 0.25) is 0 Å². The van der Waals surface area contributed by atoms with Gasteiger partial charge in [0.2, 0.25) is 11.9 Å². The van der Waals surface area contributed by atoms with Gasteiger partial charge in [-0.1, -0.05) is 12.1 Å². The summed E-state index contributed by atoms with van der Waals surface area (Å²) in [5.41, 5.74) is 0.204. The van der Waals surface area contributed by atoms with E-state index < -0.39 is 17.9 Å². The number of hydrogen-bond acceptors (Lipinski definition) is 4. The fraction of sp³-hybridized carbons (Fsp3) is 0.333. The number of ketones is 1. The Balaban J connectivity index is 0.00000289. The van der Waals surface area contributed by atoms with Gasteiger partial charge in [-0.05, 0) is 19.1 Å². The number of para-hydroxylation sites is 1. The molecule has 1 atom stereocenters. The zero-order valence-electron chi connectivity index (χ0n) is 9.67. The number of rotatable bonds is 6. The molecular formula is C12H15NaO5. The van der Waals surface area contributed by atoms with E-state index in [4.69, 9.17) is 14.6 Å². The summed E-state index contributed by atoms with van der Waals surface area (Å²) in [6.45, 7) is 1.78. The zero-order chi connectivity index (χ0) is 12.8. The maximum absolute atomic E-state index is 12.0. The topological polar surface area (TPSA) is 72.8 Å². The minimum absolute atomic E-state index is 0. The van der Waals surface area contributed by atoms with Gasteiger partial charge in [0, 0.05) is 6.61 Å². The van der Waals surface area contributed by atoms with Crippen molar-refractivity contribution >= 4 is 41.3 Å². The summed E-state index contributed by atoms with van der Waals surface area (Å²) in [6.07, 6.45) is -1.49. The third-order valence-corrected chi connectivity index (χ3v) is 2.17. The van der Waals surface area contributed by atoms with Crippen LogP contribution in [-0.2, 0) is 9.53 Å². The van der Waals surface area contributed by atoms with Gasteiger partial charge in [-0.2, -0.15) is 0 Å². The number of aliphatic carboxylic acids is 1. The Bertz CT molecular complexity index is 419. The van der Waals surface area contributed by atoms with Crippen molar-refractivity contribution in [3.8, 4) is 5.75 Å². The fourth-order valence-electron chi connectivity index (χ4n) is 1.42. The van der Waals surface area contributed by atoms with Crippen LogP contribution in [0.5, 0.6) is 5.75 Å². The Morgan fingerprint density at radius 1 is 1.33 bits per heavy atom. The van der Waals surface area contributed by atoms with Crippen LogP contribution >= 0.6 is 0 Å². The van der Waals surface area contributed by atoms with Crippen molar-refractivity contribution in [3.63, 3.8) is 0 Å². The molecule has 0 aliphatic heterocycles. The molecule has 0 aliphatic carbocycles. The van der Waals surface area contributed by atoms with Gasteiger partial charge in [0.15, 0.2) is 0 Å². The van der Waals surface area contributed by atoms with E-state index in [1.54, 1.807) is 25.1 Å². The standard InChI is InChI=1S/C12H14O5.Na.H/c1-3-17-11(12(14)15)10(13)8-6-4-5-7-9(8)16-2;;/h4-7,11H,3H2,1-2H3,(H,14,15);;. The summed E-state index contributed by atoms with van der Waals surface area (Å²) in [5, 5.41) is 8.91. The van der Waals surface area contributed by atoms with Crippen LogP contribution in [0.15, 0.2) is 24.3 Å². The van der Waals surface area contributed by atoms with Gasteiger partial charge in [0.05, 0.1) is 12.7 Å². The van der Waals surface area contributed by atoms with E-state index in [1.165, 1.54) is 13.2 Å². The number of carboxylic acid groups (broad SMARTS) is 1. The summed E-state index contributed by atoms with van der Waals surface area (Å²) < 4.78 is 9.92. The molecule has 0 spiro atoms. The van der Waals surface area contributed by atoms with Crippen LogP contribution in [0.1, 0.15) is 17.3 Å². The normalized spacial score (nSPS) is 11.2. The molecule has 0 amide bonds. The van der Waals surface area contributed by atoms with Crippen LogP contribution < -0.4 is 4.74 Å². The monoisotopic (exact) mass is 262 g/mol. The van der Waals surface area contributed by atoms with Gasteiger partial charge in [0.25, 0.3) is 0 Å². The first kappa shape index (κ1) is 17.1. The predicted molar refractivity (Wildman–Crippen MR) is 67.5 cm³/mol. The van der Waals surface area contributed by atoms with Gasteiger partial charge in [-0.15, -0.1) is 0 Å². The molecule has 0 aromatic heterocycles. The number of carbonyl (C=O) groups excluding carboxylic acids is 1. The molecule has 1 aromatic carbocycles. The van der Waals surface area contributed by atoms with Crippen molar-refractivity contribution in [1.82, 2.24) is 0 Å². The molecule has 5 nitrogen and oxygen atoms in total.